The molecule has 3 nitrogen and oxygen atoms in total. The van der Waals surface area contributed by atoms with Gasteiger partial charge in [-0.15, -0.1) is 0 Å². The Morgan fingerprint density at radius 2 is 2.26 bits per heavy atom. The van der Waals surface area contributed by atoms with Gasteiger partial charge in [0.25, 0.3) is 0 Å². The summed E-state index contributed by atoms with van der Waals surface area (Å²) in [6.07, 6.45) is 6.57. The van der Waals surface area contributed by atoms with Gasteiger partial charge in [0.1, 0.15) is 0 Å². The maximum atomic E-state index is 6.25. The third kappa shape index (κ3) is 3.37. The zero-order valence-corrected chi connectivity index (χ0v) is 11.8. The van der Waals surface area contributed by atoms with E-state index in [1.165, 1.54) is 18.4 Å². The number of benzene rings is 1. The van der Waals surface area contributed by atoms with Crippen molar-refractivity contribution >= 4 is 11.6 Å². The van der Waals surface area contributed by atoms with Crippen molar-refractivity contribution in [2.75, 3.05) is 0 Å². The molecule has 2 aromatic rings. The first-order valence-corrected chi connectivity index (χ1v) is 7.07. The van der Waals surface area contributed by atoms with Crippen molar-refractivity contribution in [3.63, 3.8) is 0 Å². The van der Waals surface area contributed by atoms with Crippen LogP contribution in [0.2, 0.25) is 5.02 Å². The summed E-state index contributed by atoms with van der Waals surface area (Å²) in [5.74, 6) is 0. The quantitative estimate of drug-likeness (QED) is 0.908. The fourth-order valence-electron chi connectivity index (χ4n) is 2.10. The topological polar surface area (TPSA) is 29.9 Å². The van der Waals surface area contributed by atoms with Gasteiger partial charge in [0.05, 0.1) is 12.0 Å². The first-order valence-electron chi connectivity index (χ1n) is 6.70. The minimum atomic E-state index is 0.719. The molecule has 0 bridgehead atoms. The molecule has 0 aliphatic heterocycles. The Labute approximate surface area is 118 Å². The second-order valence-corrected chi connectivity index (χ2v) is 5.69. The van der Waals surface area contributed by atoms with Crippen LogP contribution in [0.25, 0.3) is 0 Å². The van der Waals surface area contributed by atoms with Crippen LogP contribution in [-0.2, 0) is 13.1 Å². The lowest BCUT2D eigenvalue weighted by Gasteiger charge is -2.06. The van der Waals surface area contributed by atoms with Crippen LogP contribution in [0.5, 0.6) is 0 Å². The summed E-state index contributed by atoms with van der Waals surface area (Å²) < 4.78 is 2.08. The number of aromatic nitrogens is 2. The third-order valence-electron chi connectivity index (χ3n) is 3.40. The minimum absolute atomic E-state index is 0.719. The maximum Gasteiger partial charge on any atom is 0.0953 e. The van der Waals surface area contributed by atoms with E-state index in [0.29, 0.717) is 0 Å². The number of halogens is 1. The Morgan fingerprint density at radius 3 is 3.00 bits per heavy atom. The molecule has 0 saturated heterocycles. The van der Waals surface area contributed by atoms with E-state index in [0.717, 1.165) is 35.4 Å². The van der Waals surface area contributed by atoms with E-state index in [9.17, 15) is 0 Å². The van der Waals surface area contributed by atoms with Crippen molar-refractivity contribution in [3.05, 3.63) is 52.6 Å². The Kier molecular flexibility index (Phi) is 3.58. The van der Waals surface area contributed by atoms with Crippen LogP contribution >= 0.6 is 11.6 Å². The number of hydrogen-bond acceptors (Lipinski definition) is 2. The van der Waals surface area contributed by atoms with Gasteiger partial charge < -0.3 is 9.88 Å². The summed E-state index contributed by atoms with van der Waals surface area (Å²) in [4.78, 5) is 4.42. The molecule has 1 fully saturated rings. The zero-order chi connectivity index (χ0) is 13.2. The highest BCUT2D eigenvalue weighted by Gasteiger charge is 2.20. The van der Waals surface area contributed by atoms with Gasteiger partial charge in [0, 0.05) is 30.4 Å². The lowest BCUT2D eigenvalue weighted by atomic mass is 10.1. The summed E-state index contributed by atoms with van der Waals surface area (Å²) in [6, 6.07) is 6.90. The van der Waals surface area contributed by atoms with Crippen molar-refractivity contribution in [3.8, 4) is 0 Å². The standard InChI is InChI=1S/C15H18ClN3/c1-11-2-3-12(15(16)6-11)8-19-9-14(18-10-19)7-17-13-4-5-13/h2-3,6,9-10,13,17H,4-5,7-8H2,1H3. The second-order valence-electron chi connectivity index (χ2n) is 5.29. The first-order chi connectivity index (χ1) is 9.20. The largest absolute Gasteiger partial charge is 0.333 e. The summed E-state index contributed by atoms with van der Waals surface area (Å²) in [5.41, 5.74) is 3.41. The molecule has 1 aliphatic rings. The number of imidazole rings is 1. The van der Waals surface area contributed by atoms with Crippen LogP contribution in [0, 0.1) is 6.92 Å². The Bertz CT molecular complexity index is 573. The molecule has 1 aromatic carbocycles. The normalized spacial score (nSPS) is 14.8. The average molecular weight is 276 g/mol. The fraction of sp³-hybridized carbons (Fsp3) is 0.400. The van der Waals surface area contributed by atoms with Gasteiger partial charge in [0.15, 0.2) is 0 Å². The van der Waals surface area contributed by atoms with Crippen LogP contribution in [0.1, 0.15) is 29.7 Å². The van der Waals surface area contributed by atoms with Gasteiger partial charge in [-0.1, -0.05) is 23.7 Å². The van der Waals surface area contributed by atoms with Crippen molar-refractivity contribution in [2.45, 2.75) is 38.9 Å². The van der Waals surface area contributed by atoms with Crippen molar-refractivity contribution in [1.82, 2.24) is 14.9 Å². The van der Waals surface area contributed by atoms with E-state index >= 15 is 0 Å². The molecule has 0 spiro atoms. The zero-order valence-electron chi connectivity index (χ0n) is 11.1. The molecule has 1 heterocycles. The van der Waals surface area contributed by atoms with Gasteiger partial charge in [-0.05, 0) is 37.0 Å². The second kappa shape index (κ2) is 5.35. The summed E-state index contributed by atoms with van der Waals surface area (Å²) in [7, 11) is 0. The molecule has 0 radical (unpaired) electrons. The molecule has 1 aliphatic carbocycles. The molecule has 3 rings (SSSR count). The highest BCUT2D eigenvalue weighted by molar-refractivity contribution is 6.31. The van der Waals surface area contributed by atoms with Gasteiger partial charge in [-0.2, -0.15) is 0 Å². The lowest BCUT2D eigenvalue weighted by Crippen LogP contribution is -2.15. The Morgan fingerprint density at radius 1 is 1.42 bits per heavy atom. The van der Waals surface area contributed by atoms with Gasteiger partial charge in [0.2, 0.25) is 0 Å². The Hall–Kier alpha value is -1.32. The van der Waals surface area contributed by atoms with Gasteiger partial charge in [-0.3, -0.25) is 0 Å². The first kappa shape index (κ1) is 12.7. The number of aryl methyl sites for hydroxylation is 1. The van der Waals surface area contributed by atoms with Crippen LogP contribution in [0.15, 0.2) is 30.7 Å². The van der Waals surface area contributed by atoms with Crippen molar-refractivity contribution in [1.29, 1.82) is 0 Å². The SMILES string of the molecule is Cc1ccc(Cn2cnc(CNC3CC3)c2)c(Cl)c1. The van der Waals surface area contributed by atoms with Gasteiger partial charge >= 0.3 is 0 Å². The maximum absolute atomic E-state index is 6.25. The number of nitrogens with one attached hydrogen (secondary N) is 1. The number of hydrogen-bond donors (Lipinski definition) is 1. The molecule has 1 aromatic heterocycles. The van der Waals surface area contributed by atoms with Crippen molar-refractivity contribution < 1.29 is 0 Å². The van der Waals surface area contributed by atoms with Crippen LogP contribution in [0.3, 0.4) is 0 Å². The third-order valence-corrected chi connectivity index (χ3v) is 3.75. The molecule has 19 heavy (non-hydrogen) atoms. The van der Waals surface area contributed by atoms with Crippen molar-refractivity contribution in [2.24, 2.45) is 0 Å². The predicted molar refractivity (Wildman–Crippen MR) is 77.4 cm³/mol. The fourth-order valence-corrected chi connectivity index (χ4v) is 2.39. The monoisotopic (exact) mass is 275 g/mol. The number of nitrogens with zero attached hydrogens (tertiary/aromatic N) is 2. The van der Waals surface area contributed by atoms with Crippen LogP contribution < -0.4 is 5.32 Å². The lowest BCUT2D eigenvalue weighted by molar-refractivity contribution is 0.676. The Balaban J connectivity index is 1.65. The van der Waals surface area contributed by atoms with Gasteiger partial charge in [-0.25, -0.2) is 4.98 Å². The molecule has 1 N–H and O–H groups in total. The summed E-state index contributed by atoms with van der Waals surface area (Å²) >= 11 is 6.25. The highest BCUT2D eigenvalue weighted by atomic mass is 35.5. The van der Waals surface area contributed by atoms with E-state index in [4.69, 9.17) is 11.6 Å². The molecule has 4 heteroatoms. The predicted octanol–water partition coefficient (Wildman–Crippen LogP) is 3.15. The average Bonchev–Trinajstić information content (AvgIpc) is 3.10. The van der Waals surface area contributed by atoms with E-state index in [1.54, 1.807) is 0 Å². The van der Waals surface area contributed by atoms with Crippen LogP contribution in [-0.4, -0.2) is 15.6 Å². The molecule has 1 saturated carbocycles. The minimum Gasteiger partial charge on any atom is -0.333 e. The van der Waals surface area contributed by atoms with E-state index in [-0.39, 0.29) is 0 Å². The molecular weight excluding hydrogens is 258 g/mol. The van der Waals surface area contributed by atoms with Crippen LogP contribution in [0.4, 0.5) is 0 Å². The number of rotatable bonds is 5. The van der Waals surface area contributed by atoms with E-state index < -0.39 is 0 Å². The molecule has 0 amide bonds. The molecule has 100 valence electrons. The van der Waals surface area contributed by atoms with E-state index in [1.807, 2.05) is 12.4 Å². The summed E-state index contributed by atoms with van der Waals surface area (Å²) in [6.45, 7) is 3.68. The summed E-state index contributed by atoms with van der Waals surface area (Å²) in [5, 5.41) is 4.29. The highest BCUT2D eigenvalue weighted by Crippen LogP contribution is 2.20. The molecular formula is C15H18ClN3. The smallest absolute Gasteiger partial charge is 0.0953 e. The van der Waals surface area contributed by atoms with E-state index in [2.05, 4.69) is 40.1 Å². The molecule has 0 atom stereocenters. The molecule has 0 unspecified atom stereocenters.